The molecule has 0 unspecified atom stereocenters. The molecule has 1 aromatic carbocycles. The highest BCUT2D eigenvalue weighted by Crippen LogP contribution is 2.18. The zero-order valence-electron chi connectivity index (χ0n) is 11.0. The van der Waals surface area contributed by atoms with Crippen LogP contribution in [0, 0.1) is 0 Å². The van der Waals surface area contributed by atoms with Crippen LogP contribution in [0.5, 0.6) is 0 Å². The number of imidazole rings is 1. The average Bonchev–Trinajstić information content (AvgIpc) is 2.81. The molecule has 0 aliphatic carbocycles. The van der Waals surface area contributed by atoms with E-state index in [2.05, 4.69) is 4.98 Å². The van der Waals surface area contributed by atoms with Gasteiger partial charge in [0.1, 0.15) is 0 Å². The molecule has 2 rings (SSSR count). The average molecular weight is 262 g/mol. The van der Waals surface area contributed by atoms with Gasteiger partial charge in [0.15, 0.2) is 0 Å². The fraction of sp³-hybridized carbons (Fsp3) is 0.429. The molecule has 1 heterocycles. The molecule has 5 nitrogen and oxygen atoms in total. The van der Waals surface area contributed by atoms with E-state index in [1.807, 2.05) is 10.6 Å². The van der Waals surface area contributed by atoms with Gasteiger partial charge in [0.05, 0.1) is 22.9 Å². The van der Waals surface area contributed by atoms with Crippen LogP contribution in [0.2, 0.25) is 0 Å². The molecule has 0 spiro atoms. The van der Waals surface area contributed by atoms with Crippen molar-refractivity contribution < 1.29 is 14.6 Å². The number of rotatable bonds is 7. The van der Waals surface area contributed by atoms with Gasteiger partial charge >= 0.3 is 5.97 Å². The second-order valence-electron chi connectivity index (χ2n) is 4.47. The van der Waals surface area contributed by atoms with E-state index in [1.54, 1.807) is 25.6 Å². The Kier molecular flexibility index (Phi) is 4.52. The van der Waals surface area contributed by atoms with Crippen LogP contribution >= 0.6 is 0 Å². The summed E-state index contributed by atoms with van der Waals surface area (Å²) in [6.07, 6.45) is 4.79. The predicted octanol–water partition coefficient (Wildman–Crippen LogP) is 2.55. The summed E-state index contributed by atoms with van der Waals surface area (Å²) in [5.74, 6) is -0.910. The number of carboxylic acid groups (broad SMARTS) is 1. The van der Waals surface area contributed by atoms with Gasteiger partial charge in [-0.1, -0.05) is 6.07 Å². The molecule has 0 atom stereocenters. The molecule has 0 amide bonds. The maximum Gasteiger partial charge on any atom is 0.337 e. The van der Waals surface area contributed by atoms with E-state index in [0.29, 0.717) is 11.1 Å². The topological polar surface area (TPSA) is 64.4 Å². The number of para-hydroxylation sites is 1. The molecule has 0 saturated heterocycles. The molecule has 0 aliphatic rings. The first kappa shape index (κ1) is 13.5. The minimum absolute atomic E-state index is 0.312. The molecular formula is C14H18N2O3. The first-order valence-corrected chi connectivity index (χ1v) is 6.40. The Morgan fingerprint density at radius 1 is 1.37 bits per heavy atom. The number of carbonyl (C=O) groups is 1. The largest absolute Gasteiger partial charge is 0.478 e. The molecule has 1 N–H and O–H groups in total. The van der Waals surface area contributed by atoms with Gasteiger partial charge in [0.25, 0.3) is 0 Å². The third kappa shape index (κ3) is 3.12. The van der Waals surface area contributed by atoms with E-state index in [1.165, 1.54) is 0 Å². The fourth-order valence-electron chi connectivity index (χ4n) is 2.17. The van der Waals surface area contributed by atoms with Crippen LogP contribution in [-0.2, 0) is 11.3 Å². The minimum atomic E-state index is -0.910. The third-order valence-corrected chi connectivity index (χ3v) is 3.12. The summed E-state index contributed by atoms with van der Waals surface area (Å²) >= 11 is 0. The summed E-state index contributed by atoms with van der Waals surface area (Å²) < 4.78 is 6.93. The third-order valence-electron chi connectivity index (χ3n) is 3.12. The first-order valence-electron chi connectivity index (χ1n) is 6.40. The van der Waals surface area contributed by atoms with Gasteiger partial charge in [-0.3, -0.25) is 0 Å². The summed E-state index contributed by atoms with van der Waals surface area (Å²) in [4.78, 5) is 15.5. The molecule has 0 radical (unpaired) electrons. The van der Waals surface area contributed by atoms with Crippen molar-refractivity contribution >= 4 is 17.0 Å². The van der Waals surface area contributed by atoms with E-state index in [9.17, 15) is 9.90 Å². The Morgan fingerprint density at radius 2 is 2.21 bits per heavy atom. The van der Waals surface area contributed by atoms with E-state index < -0.39 is 5.97 Å². The van der Waals surface area contributed by atoms with Crippen LogP contribution in [-0.4, -0.2) is 34.3 Å². The number of aromatic carboxylic acids is 1. The number of hydrogen-bond acceptors (Lipinski definition) is 3. The van der Waals surface area contributed by atoms with Crippen molar-refractivity contribution in [2.24, 2.45) is 0 Å². The Morgan fingerprint density at radius 3 is 2.95 bits per heavy atom. The lowest BCUT2D eigenvalue weighted by Crippen LogP contribution is -2.03. The number of aryl methyl sites for hydroxylation is 1. The lowest BCUT2D eigenvalue weighted by atomic mass is 10.2. The summed E-state index contributed by atoms with van der Waals surface area (Å²) in [5, 5.41) is 9.21. The highest BCUT2D eigenvalue weighted by Gasteiger charge is 2.12. The van der Waals surface area contributed by atoms with Gasteiger partial charge in [0.2, 0.25) is 0 Å². The normalized spacial score (nSPS) is 11.0. The molecule has 0 aliphatic heterocycles. The van der Waals surface area contributed by atoms with Crippen LogP contribution in [0.3, 0.4) is 0 Å². The maximum atomic E-state index is 11.2. The molecule has 1 aromatic heterocycles. The Balaban J connectivity index is 2.12. The number of ether oxygens (including phenoxy) is 1. The van der Waals surface area contributed by atoms with Crippen molar-refractivity contribution in [3.05, 3.63) is 30.1 Å². The highest BCUT2D eigenvalue weighted by molar-refractivity contribution is 6.01. The molecule has 0 saturated carbocycles. The number of aromatic nitrogens is 2. The highest BCUT2D eigenvalue weighted by atomic mass is 16.5. The minimum Gasteiger partial charge on any atom is -0.478 e. The van der Waals surface area contributed by atoms with E-state index in [0.717, 1.165) is 37.9 Å². The van der Waals surface area contributed by atoms with Crippen molar-refractivity contribution in [3.8, 4) is 0 Å². The number of hydrogen-bond donors (Lipinski definition) is 1. The van der Waals surface area contributed by atoms with E-state index >= 15 is 0 Å². The van der Waals surface area contributed by atoms with Crippen LogP contribution in [0.15, 0.2) is 24.5 Å². The van der Waals surface area contributed by atoms with Crippen LogP contribution < -0.4 is 0 Å². The smallest absolute Gasteiger partial charge is 0.337 e. The van der Waals surface area contributed by atoms with E-state index in [-0.39, 0.29) is 0 Å². The lowest BCUT2D eigenvalue weighted by molar-refractivity contribution is 0.0698. The Labute approximate surface area is 111 Å². The molecule has 0 fully saturated rings. The number of methoxy groups -OCH3 is 1. The molecular weight excluding hydrogens is 244 g/mol. The molecule has 5 heteroatoms. The number of fused-ring (bicyclic) bond motifs is 1. The van der Waals surface area contributed by atoms with Crippen LogP contribution in [0.1, 0.15) is 29.6 Å². The summed E-state index contributed by atoms with van der Waals surface area (Å²) in [7, 11) is 1.70. The van der Waals surface area contributed by atoms with Gasteiger partial charge in [0, 0.05) is 20.3 Å². The lowest BCUT2D eigenvalue weighted by Gasteiger charge is -2.06. The second kappa shape index (κ2) is 6.33. The SMILES string of the molecule is COCCCCCn1cnc2cccc(C(=O)O)c21. The summed E-state index contributed by atoms with van der Waals surface area (Å²) in [5.41, 5.74) is 1.76. The summed E-state index contributed by atoms with van der Waals surface area (Å²) in [6.45, 7) is 1.55. The number of nitrogens with zero attached hydrogens (tertiary/aromatic N) is 2. The zero-order valence-corrected chi connectivity index (χ0v) is 11.0. The van der Waals surface area contributed by atoms with Crippen molar-refractivity contribution in [1.29, 1.82) is 0 Å². The van der Waals surface area contributed by atoms with Crippen molar-refractivity contribution in [1.82, 2.24) is 9.55 Å². The van der Waals surface area contributed by atoms with Crippen LogP contribution in [0.25, 0.3) is 11.0 Å². The van der Waals surface area contributed by atoms with Crippen molar-refractivity contribution in [2.75, 3.05) is 13.7 Å². The summed E-state index contributed by atoms with van der Waals surface area (Å²) in [6, 6.07) is 5.18. The number of unbranched alkanes of at least 4 members (excludes halogenated alkanes) is 2. The van der Waals surface area contributed by atoms with Crippen LogP contribution in [0.4, 0.5) is 0 Å². The maximum absolute atomic E-state index is 11.2. The monoisotopic (exact) mass is 262 g/mol. The van der Waals surface area contributed by atoms with Gasteiger partial charge in [-0.2, -0.15) is 0 Å². The van der Waals surface area contributed by atoms with Gasteiger partial charge in [-0.05, 0) is 31.4 Å². The zero-order chi connectivity index (χ0) is 13.7. The number of benzene rings is 1. The predicted molar refractivity (Wildman–Crippen MR) is 72.4 cm³/mol. The first-order chi connectivity index (χ1) is 9.24. The van der Waals surface area contributed by atoms with Gasteiger partial charge < -0.3 is 14.4 Å². The quantitative estimate of drug-likeness (QED) is 0.779. The molecule has 19 heavy (non-hydrogen) atoms. The second-order valence-corrected chi connectivity index (χ2v) is 4.47. The van der Waals surface area contributed by atoms with E-state index in [4.69, 9.17) is 4.74 Å². The van der Waals surface area contributed by atoms with Crippen molar-refractivity contribution in [3.63, 3.8) is 0 Å². The standard InChI is InChI=1S/C14H18N2O3/c1-19-9-4-2-3-8-16-10-15-12-7-5-6-11(13(12)16)14(17)18/h5-7,10H,2-4,8-9H2,1H3,(H,17,18). The van der Waals surface area contributed by atoms with Crippen molar-refractivity contribution in [2.45, 2.75) is 25.8 Å². The Hall–Kier alpha value is -1.88. The molecule has 102 valence electrons. The molecule has 2 aromatic rings. The molecule has 0 bridgehead atoms. The Bertz CT molecular complexity index is 563. The van der Waals surface area contributed by atoms with Gasteiger partial charge in [-0.15, -0.1) is 0 Å². The van der Waals surface area contributed by atoms with Gasteiger partial charge in [-0.25, -0.2) is 9.78 Å². The number of carboxylic acids is 1. The fourth-order valence-corrected chi connectivity index (χ4v) is 2.17.